The second kappa shape index (κ2) is 10.1. The highest BCUT2D eigenvalue weighted by atomic mass is 16.6. The van der Waals surface area contributed by atoms with E-state index < -0.39 is 11.7 Å². The first-order chi connectivity index (χ1) is 15.2. The maximum atomic E-state index is 12.6. The van der Waals surface area contributed by atoms with Crippen molar-refractivity contribution in [2.24, 2.45) is 0 Å². The molecular weight excluding hydrogens is 412 g/mol. The molecule has 0 radical (unpaired) electrons. The van der Waals surface area contributed by atoms with Crippen molar-refractivity contribution >= 4 is 23.1 Å². The molecule has 11 heteroatoms. The van der Waals surface area contributed by atoms with E-state index in [-0.39, 0.29) is 11.9 Å². The van der Waals surface area contributed by atoms with Crippen molar-refractivity contribution in [3.05, 3.63) is 12.2 Å². The van der Waals surface area contributed by atoms with Crippen LogP contribution in [0.25, 0.3) is 11.2 Å². The largest absolute Gasteiger partial charge is 0.443 e. The minimum atomic E-state index is -0.655. The standard InChI is InChI=1S/C21H32N8O3/c1-21(2,3)32-20(30)26-29(15-7-11-31-12-8-15)19-17-18(24-16(13-22)25-19)28(14-23-17)10-6-9-27(4)5/h14-15H,6-12H2,1-5H3,(H,26,30). The summed E-state index contributed by atoms with van der Waals surface area (Å²) < 4.78 is 12.9. The Balaban J connectivity index is 1.99. The summed E-state index contributed by atoms with van der Waals surface area (Å²) in [6, 6.07) is 1.95. The molecule has 1 amide bonds. The third-order valence-electron chi connectivity index (χ3n) is 4.94. The Labute approximate surface area is 188 Å². The normalized spacial score (nSPS) is 15.0. The van der Waals surface area contributed by atoms with E-state index in [4.69, 9.17) is 9.47 Å². The van der Waals surface area contributed by atoms with Gasteiger partial charge in [0, 0.05) is 19.8 Å². The Hall–Kier alpha value is -2.97. The molecule has 0 aliphatic carbocycles. The molecule has 11 nitrogen and oxygen atoms in total. The maximum Gasteiger partial charge on any atom is 0.426 e. The summed E-state index contributed by atoms with van der Waals surface area (Å²) >= 11 is 0. The van der Waals surface area contributed by atoms with Crippen molar-refractivity contribution in [1.29, 1.82) is 5.26 Å². The smallest absolute Gasteiger partial charge is 0.426 e. The van der Waals surface area contributed by atoms with Gasteiger partial charge in [0.05, 0.1) is 12.4 Å². The van der Waals surface area contributed by atoms with Crippen LogP contribution in [-0.2, 0) is 16.0 Å². The van der Waals surface area contributed by atoms with Crippen LogP contribution in [0.5, 0.6) is 0 Å². The van der Waals surface area contributed by atoms with Crippen LogP contribution in [0, 0.1) is 11.3 Å². The maximum absolute atomic E-state index is 12.6. The zero-order chi connectivity index (χ0) is 23.3. The second-order valence-electron chi connectivity index (χ2n) is 9.08. The molecule has 0 unspecified atom stereocenters. The molecule has 174 valence electrons. The highest BCUT2D eigenvalue weighted by Crippen LogP contribution is 2.27. The number of aromatic nitrogens is 4. The van der Waals surface area contributed by atoms with E-state index in [1.807, 2.05) is 24.7 Å². The fraction of sp³-hybridized carbons (Fsp3) is 0.667. The quantitative estimate of drug-likeness (QED) is 0.640. The minimum Gasteiger partial charge on any atom is -0.443 e. The summed E-state index contributed by atoms with van der Waals surface area (Å²) in [6.45, 7) is 8.15. The summed E-state index contributed by atoms with van der Waals surface area (Å²) in [7, 11) is 4.04. The average Bonchev–Trinajstić information content (AvgIpc) is 3.13. The number of rotatable bonds is 7. The van der Waals surface area contributed by atoms with Crippen molar-refractivity contribution in [2.75, 3.05) is 38.9 Å². The molecular formula is C21H32N8O3. The lowest BCUT2D eigenvalue weighted by Gasteiger charge is -2.35. The van der Waals surface area contributed by atoms with E-state index in [0.29, 0.717) is 49.6 Å². The fourth-order valence-corrected chi connectivity index (χ4v) is 3.53. The van der Waals surface area contributed by atoms with Gasteiger partial charge in [-0.2, -0.15) is 15.2 Å². The Morgan fingerprint density at radius 2 is 2.06 bits per heavy atom. The molecule has 32 heavy (non-hydrogen) atoms. The number of fused-ring (bicyclic) bond motifs is 1. The third kappa shape index (κ3) is 6.05. The first-order valence-electron chi connectivity index (χ1n) is 10.8. The molecule has 0 aromatic carbocycles. The van der Waals surface area contributed by atoms with Crippen molar-refractivity contribution in [1.82, 2.24) is 29.8 Å². The lowest BCUT2D eigenvalue weighted by molar-refractivity contribution is 0.0477. The van der Waals surface area contributed by atoms with Gasteiger partial charge in [-0.05, 0) is 60.7 Å². The summed E-state index contributed by atoms with van der Waals surface area (Å²) in [4.78, 5) is 28.1. The lowest BCUT2D eigenvalue weighted by Crippen LogP contribution is -2.52. The number of hydrazine groups is 1. The molecule has 2 aromatic heterocycles. The number of hydrogen-bond acceptors (Lipinski definition) is 9. The minimum absolute atomic E-state index is 0.0184. The predicted octanol–water partition coefficient (Wildman–Crippen LogP) is 2.07. The van der Waals surface area contributed by atoms with Crippen LogP contribution in [0.15, 0.2) is 6.33 Å². The van der Waals surface area contributed by atoms with Gasteiger partial charge in [0.2, 0.25) is 5.82 Å². The Morgan fingerprint density at radius 1 is 1.34 bits per heavy atom. The molecule has 1 fully saturated rings. The number of nitrogens with zero attached hydrogens (tertiary/aromatic N) is 7. The lowest BCUT2D eigenvalue weighted by atomic mass is 10.1. The highest BCUT2D eigenvalue weighted by molar-refractivity contribution is 5.85. The predicted molar refractivity (Wildman–Crippen MR) is 119 cm³/mol. The van der Waals surface area contributed by atoms with Crippen LogP contribution >= 0.6 is 0 Å². The number of amides is 1. The van der Waals surface area contributed by atoms with Gasteiger partial charge in [0.1, 0.15) is 11.7 Å². The number of carbonyl (C=O) groups excluding carboxylic acids is 1. The molecule has 3 heterocycles. The molecule has 1 aliphatic heterocycles. The number of aryl methyl sites for hydroxylation is 1. The molecule has 0 bridgehead atoms. The van der Waals surface area contributed by atoms with Crippen molar-refractivity contribution in [3.63, 3.8) is 0 Å². The van der Waals surface area contributed by atoms with E-state index in [1.54, 1.807) is 32.1 Å². The zero-order valence-corrected chi connectivity index (χ0v) is 19.5. The van der Waals surface area contributed by atoms with Crippen molar-refractivity contribution in [2.45, 2.75) is 58.2 Å². The third-order valence-corrected chi connectivity index (χ3v) is 4.94. The van der Waals surface area contributed by atoms with Crippen molar-refractivity contribution in [3.8, 4) is 6.07 Å². The van der Waals surface area contributed by atoms with Gasteiger partial charge >= 0.3 is 6.09 Å². The summed E-state index contributed by atoms with van der Waals surface area (Å²) in [5, 5.41) is 11.2. The average molecular weight is 445 g/mol. The monoisotopic (exact) mass is 444 g/mol. The van der Waals surface area contributed by atoms with E-state index in [0.717, 1.165) is 13.0 Å². The fourth-order valence-electron chi connectivity index (χ4n) is 3.53. The number of hydrogen-bond donors (Lipinski definition) is 1. The van der Waals surface area contributed by atoms with Gasteiger partial charge in [-0.15, -0.1) is 0 Å². The summed E-state index contributed by atoms with van der Waals surface area (Å²) in [5.74, 6) is 0.403. The first kappa shape index (κ1) is 23.7. The topological polar surface area (TPSA) is 121 Å². The molecule has 0 saturated carbocycles. The van der Waals surface area contributed by atoms with Crippen molar-refractivity contribution < 1.29 is 14.3 Å². The summed E-state index contributed by atoms with van der Waals surface area (Å²) in [6.07, 6.45) is 3.38. The van der Waals surface area contributed by atoms with Crippen LogP contribution in [0.2, 0.25) is 0 Å². The van der Waals surface area contributed by atoms with Gasteiger partial charge in [-0.3, -0.25) is 5.01 Å². The van der Waals surface area contributed by atoms with Gasteiger partial charge in [0.25, 0.3) is 0 Å². The molecule has 2 aromatic rings. The zero-order valence-electron chi connectivity index (χ0n) is 19.5. The highest BCUT2D eigenvalue weighted by Gasteiger charge is 2.30. The van der Waals surface area contributed by atoms with Crippen LogP contribution in [0.4, 0.5) is 10.6 Å². The number of ether oxygens (including phenoxy) is 2. The van der Waals surface area contributed by atoms with E-state index in [9.17, 15) is 10.1 Å². The molecule has 3 rings (SSSR count). The molecule has 0 spiro atoms. The van der Waals surface area contributed by atoms with Gasteiger partial charge in [-0.25, -0.2) is 15.2 Å². The SMILES string of the molecule is CN(C)CCCn1cnc2c(N(NC(=O)OC(C)(C)C)C3CCOCC3)nc(C#N)nc21. The van der Waals surface area contributed by atoms with E-state index in [1.165, 1.54) is 0 Å². The number of anilines is 1. The van der Waals surface area contributed by atoms with Crippen LogP contribution in [0.1, 0.15) is 45.9 Å². The Kier molecular flexibility index (Phi) is 7.48. The number of nitriles is 1. The number of carbonyl (C=O) groups is 1. The van der Waals surface area contributed by atoms with Gasteiger partial charge in [0.15, 0.2) is 17.0 Å². The number of imidazole rings is 1. The number of nitrogens with one attached hydrogen (secondary N) is 1. The Bertz CT molecular complexity index is 970. The van der Waals surface area contributed by atoms with Gasteiger partial charge < -0.3 is 18.9 Å². The summed E-state index contributed by atoms with van der Waals surface area (Å²) in [5.41, 5.74) is 3.26. The second-order valence-corrected chi connectivity index (χ2v) is 9.08. The molecule has 1 aliphatic rings. The van der Waals surface area contributed by atoms with E-state index >= 15 is 0 Å². The van der Waals surface area contributed by atoms with Crippen LogP contribution in [-0.4, -0.2) is 76.0 Å². The molecule has 0 atom stereocenters. The first-order valence-corrected chi connectivity index (χ1v) is 10.8. The van der Waals surface area contributed by atoms with E-state index in [2.05, 4.69) is 25.3 Å². The Morgan fingerprint density at radius 3 is 2.69 bits per heavy atom. The molecule has 1 N–H and O–H groups in total. The molecule has 1 saturated heterocycles. The van der Waals surface area contributed by atoms with Crippen LogP contribution in [0.3, 0.4) is 0 Å². The van der Waals surface area contributed by atoms with Crippen LogP contribution < -0.4 is 10.4 Å². The van der Waals surface area contributed by atoms with Gasteiger partial charge in [-0.1, -0.05) is 0 Å².